The van der Waals surface area contributed by atoms with E-state index < -0.39 is 0 Å². The fraction of sp³-hybridized carbons (Fsp3) is 0.500. The van der Waals surface area contributed by atoms with Gasteiger partial charge in [0.2, 0.25) is 0 Å². The lowest BCUT2D eigenvalue weighted by Crippen LogP contribution is -2.17. The van der Waals surface area contributed by atoms with Crippen molar-refractivity contribution in [2.24, 2.45) is 0 Å². The van der Waals surface area contributed by atoms with Crippen molar-refractivity contribution in [3.63, 3.8) is 0 Å². The molecule has 1 nitrogen and oxygen atoms in total. The van der Waals surface area contributed by atoms with Crippen molar-refractivity contribution < 1.29 is 5.11 Å². The molecular weight excluding hydrogens is 148 g/mol. The van der Waals surface area contributed by atoms with Crippen molar-refractivity contribution >= 4 is 11.6 Å². The lowest BCUT2D eigenvalue weighted by atomic mass is 9.97. The van der Waals surface area contributed by atoms with E-state index in [2.05, 4.69) is 0 Å². The molecule has 0 saturated heterocycles. The van der Waals surface area contributed by atoms with Gasteiger partial charge in [-0.05, 0) is 25.0 Å². The van der Waals surface area contributed by atoms with Gasteiger partial charge in [0.1, 0.15) is 5.76 Å². The normalized spacial score (nSPS) is 32.0. The average molecular weight is 159 g/mol. The summed E-state index contributed by atoms with van der Waals surface area (Å²) in [5, 5.41) is 8.95. The third kappa shape index (κ3) is 1.54. The Hall–Kier alpha value is -0.430. The number of rotatable bonds is 1. The van der Waals surface area contributed by atoms with Gasteiger partial charge in [0.15, 0.2) is 0 Å². The van der Waals surface area contributed by atoms with Crippen molar-refractivity contribution in [1.29, 1.82) is 0 Å². The fourth-order valence-electron chi connectivity index (χ4n) is 0.907. The Kier molecular flexibility index (Phi) is 2.05. The SMILES string of the molecule is CCC1(Cl)C=CC(O)=CC1. The standard InChI is InChI=1S/C8H11ClO/c1-2-8(9)5-3-7(10)4-6-8/h3-5,10H,2,6H2,1H3. The third-order valence-electron chi connectivity index (χ3n) is 1.79. The third-order valence-corrected chi connectivity index (χ3v) is 2.34. The van der Waals surface area contributed by atoms with E-state index in [0.29, 0.717) is 5.76 Å². The van der Waals surface area contributed by atoms with Crippen LogP contribution in [-0.2, 0) is 0 Å². The minimum Gasteiger partial charge on any atom is -0.508 e. The van der Waals surface area contributed by atoms with Crippen LogP contribution in [0.4, 0.5) is 0 Å². The van der Waals surface area contributed by atoms with Crippen LogP contribution in [0, 0.1) is 0 Å². The van der Waals surface area contributed by atoms with E-state index in [1.807, 2.05) is 13.0 Å². The van der Waals surface area contributed by atoms with Crippen LogP contribution in [0.5, 0.6) is 0 Å². The van der Waals surface area contributed by atoms with Crippen molar-refractivity contribution in [2.45, 2.75) is 24.6 Å². The molecule has 0 amide bonds. The van der Waals surface area contributed by atoms with E-state index >= 15 is 0 Å². The van der Waals surface area contributed by atoms with Gasteiger partial charge in [-0.2, -0.15) is 0 Å². The van der Waals surface area contributed by atoms with Gasteiger partial charge in [-0.1, -0.05) is 13.0 Å². The first-order valence-corrected chi connectivity index (χ1v) is 3.81. The Morgan fingerprint density at radius 2 is 2.50 bits per heavy atom. The van der Waals surface area contributed by atoms with Gasteiger partial charge in [-0.25, -0.2) is 0 Å². The van der Waals surface area contributed by atoms with E-state index in [1.165, 1.54) is 0 Å². The Bertz CT molecular complexity index is 184. The minimum atomic E-state index is -0.244. The first-order valence-electron chi connectivity index (χ1n) is 3.43. The zero-order chi connectivity index (χ0) is 7.61. The molecule has 0 saturated carbocycles. The van der Waals surface area contributed by atoms with Crippen LogP contribution in [-0.4, -0.2) is 9.98 Å². The fourth-order valence-corrected chi connectivity index (χ4v) is 1.05. The highest BCUT2D eigenvalue weighted by Crippen LogP contribution is 2.29. The number of aliphatic hydroxyl groups excluding tert-OH is 1. The Balaban J connectivity index is 2.67. The van der Waals surface area contributed by atoms with Crippen LogP contribution < -0.4 is 0 Å². The lowest BCUT2D eigenvalue weighted by Gasteiger charge is -2.21. The molecule has 2 heteroatoms. The zero-order valence-electron chi connectivity index (χ0n) is 5.97. The number of hydrogen-bond acceptors (Lipinski definition) is 1. The van der Waals surface area contributed by atoms with Crippen molar-refractivity contribution in [3.8, 4) is 0 Å². The Labute approximate surface area is 66.0 Å². The molecule has 1 N–H and O–H groups in total. The molecule has 1 aliphatic carbocycles. The molecule has 1 atom stereocenters. The topological polar surface area (TPSA) is 20.2 Å². The molecule has 0 spiro atoms. The summed E-state index contributed by atoms with van der Waals surface area (Å²) in [7, 11) is 0. The largest absolute Gasteiger partial charge is 0.508 e. The van der Waals surface area contributed by atoms with Crippen LogP contribution in [0.1, 0.15) is 19.8 Å². The second kappa shape index (κ2) is 2.67. The Morgan fingerprint density at radius 3 is 2.90 bits per heavy atom. The molecule has 0 aromatic rings. The molecule has 0 fully saturated rings. The number of aliphatic hydroxyl groups is 1. The highest BCUT2D eigenvalue weighted by Gasteiger charge is 2.22. The molecule has 0 heterocycles. The van der Waals surface area contributed by atoms with E-state index in [0.717, 1.165) is 12.8 Å². The Morgan fingerprint density at radius 1 is 1.80 bits per heavy atom. The molecule has 0 aromatic carbocycles. The van der Waals surface area contributed by atoms with Crippen molar-refractivity contribution in [3.05, 3.63) is 24.0 Å². The van der Waals surface area contributed by atoms with Crippen LogP contribution in [0.15, 0.2) is 24.0 Å². The first kappa shape index (κ1) is 7.67. The molecule has 0 aromatic heterocycles. The quantitative estimate of drug-likeness (QED) is 0.582. The molecule has 1 aliphatic rings. The number of alkyl halides is 1. The maximum Gasteiger partial charge on any atom is 0.111 e. The van der Waals surface area contributed by atoms with Crippen LogP contribution >= 0.6 is 11.6 Å². The van der Waals surface area contributed by atoms with E-state index in [1.54, 1.807) is 12.2 Å². The van der Waals surface area contributed by atoms with Gasteiger partial charge in [0, 0.05) is 0 Å². The maximum atomic E-state index is 8.95. The van der Waals surface area contributed by atoms with Crippen LogP contribution in [0.2, 0.25) is 0 Å². The molecule has 1 unspecified atom stereocenters. The minimum absolute atomic E-state index is 0.244. The average Bonchev–Trinajstić information content (AvgIpc) is 1.96. The summed E-state index contributed by atoms with van der Waals surface area (Å²) in [6.45, 7) is 2.04. The predicted octanol–water partition coefficient (Wildman–Crippen LogP) is 2.78. The maximum absolute atomic E-state index is 8.95. The smallest absolute Gasteiger partial charge is 0.111 e. The van der Waals surface area contributed by atoms with Crippen LogP contribution in [0.3, 0.4) is 0 Å². The molecule has 10 heavy (non-hydrogen) atoms. The highest BCUT2D eigenvalue weighted by molar-refractivity contribution is 6.25. The van der Waals surface area contributed by atoms with Gasteiger partial charge in [-0.3, -0.25) is 0 Å². The molecule has 0 bridgehead atoms. The second-order valence-electron chi connectivity index (χ2n) is 2.55. The summed E-state index contributed by atoms with van der Waals surface area (Å²) < 4.78 is 0. The molecular formula is C8H11ClO. The summed E-state index contributed by atoms with van der Waals surface area (Å²) in [6.07, 6.45) is 6.88. The van der Waals surface area contributed by atoms with Crippen molar-refractivity contribution in [2.75, 3.05) is 0 Å². The predicted molar refractivity (Wildman–Crippen MR) is 43.3 cm³/mol. The second-order valence-corrected chi connectivity index (χ2v) is 3.31. The lowest BCUT2D eigenvalue weighted by molar-refractivity contribution is 0.422. The van der Waals surface area contributed by atoms with Gasteiger partial charge in [0.05, 0.1) is 4.87 Å². The summed E-state index contributed by atoms with van der Waals surface area (Å²) in [6, 6.07) is 0. The first-order chi connectivity index (χ1) is 4.66. The van der Waals surface area contributed by atoms with E-state index in [4.69, 9.17) is 16.7 Å². The number of halogens is 1. The van der Waals surface area contributed by atoms with Gasteiger partial charge < -0.3 is 5.11 Å². The van der Waals surface area contributed by atoms with Gasteiger partial charge >= 0.3 is 0 Å². The van der Waals surface area contributed by atoms with Gasteiger partial charge in [-0.15, -0.1) is 11.6 Å². The number of allylic oxidation sites excluding steroid dienone is 3. The van der Waals surface area contributed by atoms with E-state index in [-0.39, 0.29) is 4.87 Å². The molecule has 0 radical (unpaired) electrons. The van der Waals surface area contributed by atoms with Crippen molar-refractivity contribution in [1.82, 2.24) is 0 Å². The molecule has 0 aliphatic heterocycles. The van der Waals surface area contributed by atoms with Gasteiger partial charge in [0.25, 0.3) is 0 Å². The molecule has 1 rings (SSSR count). The van der Waals surface area contributed by atoms with Crippen LogP contribution in [0.25, 0.3) is 0 Å². The van der Waals surface area contributed by atoms with E-state index in [9.17, 15) is 0 Å². The highest BCUT2D eigenvalue weighted by atomic mass is 35.5. The molecule has 56 valence electrons. The summed E-state index contributed by atoms with van der Waals surface area (Å²) in [5.74, 6) is 0.324. The number of hydrogen-bond donors (Lipinski definition) is 1. The monoisotopic (exact) mass is 158 g/mol. The zero-order valence-corrected chi connectivity index (χ0v) is 6.73. The summed E-state index contributed by atoms with van der Waals surface area (Å²) in [4.78, 5) is -0.244. The summed E-state index contributed by atoms with van der Waals surface area (Å²) >= 11 is 6.08. The summed E-state index contributed by atoms with van der Waals surface area (Å²) in [5.41, 5.74) is 0.